The summed E-state index contributed by atoms with van der Waals surface area (Å²) in [6, 6.07) is 10.3. The van der Waals surface area contributed by atoms with Crippen LogP contribution in [0.5, 0.6) is 0 Å². The number of carbonyl (C=O) groups excluding carboxylic acids is 1. The molecule has 2 aromatic rings. The summed E-state index contributed by atoms with van der Waals surface area (Å²) in [6.45, 7) is 2.25. The third-order valence-corrected chi connectivity index (χ3v) is 5.90. The summed E-state index contributed by atoms with van der Waals surface area (Å²) in [5.74, 6) is 0.478. The zero-order valence-corrected chi connectivity index (χ0v) is 12.3. The molecule has 3 unspecified atom stereocenters. The van der Waals surface area contributed by atoms with E-state index in [1.807, 2.05) is 12.1 Å². The number of aryl methyl sites for hydroxylation is 1. The number of hydrogen-bond acceptors (Lipinski definition) is 2. The highest BCUT2D eigenvalue weighted by Crippen LogP contribution is 2.56. The average Bonchev–Trinajstić information content (AvgIpc) is 2.82. The van der Waals surface area contributed by atoms with Gasteiger partial charge >= 0.3 is 0 Å². The van der Waals surface area contributed by atoms with Crippen molar-refractivity contribution < 1.29 is 9.90 Å². The number of aliphatic hydroxyl groups excluding tert-OH is 1. The number of aliphatic hydroxyl groups is 1. The standard InChI is InChI=1S/C19H20O2/c1-19-9-8-15-14-4-2-12(11-20)10-13(14)3-5-16(15)17(19)6-7-18(19)21/h2-5,10-11,17-18,21H,6-9H2,1H3. The van der Waals surface area contributed by atoms with E-state index in [0.717, 1.165) is 42.9 Å². The highest BCUT2D eigenvalue weighted by atomic mass is 16.3. The van der Waals surface area contributed by atoms with Crippen LogP contribution in [0.4, 0.5) is 0 Å². The molecule has 0 aromatic heterocycles. The van der Waals surface area contributed by atoms with Gasteiger partial charge in [-0.05, 0) is 59.6 Å². The zero-order chi connectivity index (χ0) is 14.6. The number of benzene rings is 2. The molecule has 1 saturated carbocycles. The third-order valence-electron chi connectivity index (χ3n) is 5.90. The van der Waals surface area contributed by atoms with Crippen LogP contribution in [0.15, 0.2) is 30.3 Å². The minimum absolute atomic E-state index is 0.0451. The molecule has 1 fully saturated rings. The molecule has 2 heteroatoms. The first kappa shape index (κ1) is 13.0. The van der Waals surface area contributed by atoms with E-state index < -0.39 is 0 Å². The second-order valence-corrected chi connectivity index (χ2v) is 6.88. The second-order valence-electron chi connectivity index (χ2n) is 6.88. The fourth-order valence-corrected chi connectivity index (χ4v) is 4.57. The van der Waals surface area contributed by atoms with Crippen molar-refractivity contribution in [3.8, 4) is 0 Å². The van der Waals surface area contributed by atoms with Crippen molar-refractivity contribution in [3.63, 3.8) is 0 Å². The first-order chi connectivity index (χ1) is 10.1. The van der Waals surface area contributed by atoms with Crippen molar-refractivity contribution in [1.82, 2.24) is 0 Å². The monoisotopic (exact) mass is 280 g/mol. The topological polar surface area (TPSA) is 37.3 Å². The van der Waals surface area contributed by atoms with Crippen molar-refractivity contribution in [3.05, 3.63) is 47.0 Å². The highest BCUT2D eigenvalue weighted by molar-refractivity contribution is 5.92. The van der Waals surface area contributed by atoms with Gasteiger partial charge < -0.3 is 5.11 Å². The molecular formula is C19H20O2. The van der Waals surface area contributed by atoms with Crippen molar-refractivity contribution >= 4 is 17.1 Å². The van der Waals surface area contributed by atoms with Crippen LogP contribution < -0.4 is 0 Å². The maximum Gasteiger partial charge on any atom is 0.150 e. The minimum Gasteiger partial charge on any atom is -0.393 e. The summed E-state index contributed by atoms with van der Waals surface area (Å²) in [5, 5.41) is 12.8. The van der Waals surface area contributed by atoms with Crippen molar-refractivity contribution in [2.24, 2.45) is 5.41 Å². The van der Waals surface area contributed by atoms with E-state index in [-0.39, 0.29) is 11.5 Å². The predicted octanol–water partition coefficient (Wildman–Crippen LogP) is 3.84. The molecule has 0 amide bonds. The number of hydrogen-bond donors (Lipinski definition) is 1. The van der Waals surface area contributed by atoms with Crippen molar-refractivity contribution in [1.29, 1.82) is 0 Å². The normalized spacial score (nSPS) is 31.0. The van der Waals surface area contributed by atoms with Gasteiger partial charge in [-0.15, -0.1) is 0 Å². The van der Waals surface area contributed by atoms with Gasteiger partial charge in [-0.25, -0.2) is 0 Å². The van der Waals surface area contributed by atoms with E-state index in [1.54, 1.807) is 0 Å². The Balaban J connectivity index is 1.91. The molecule has 108 valence electrons. The molecule has 2 aliphatic rings. The molecule has 0 spiro atoms. The molecule has 4 rings (SSSR count). The van der Waals surface area contributed by atoms with Gasteiger partial charge in [0.1, 0.15) is 6.29 Å². The van der Waals surface area contributed by atoms with Crippen LogP contribution in [0.2, 0.25) is 0 Å². The van der Waals surface area contributed by atoms with E-state index in [0.29, 0.717) is 5.92 Å². The van der Waals surface area contributed by atoms with Crippen LogP contribution in [0.3, 0.4) is 0 Å². The number of fused-ring (bicyclic) bond motifs is 5. The van der Waals surface area contributed by atoms with Gasteiger partial charge in [-0.3, -0.25) is 4.79 Å². The van der Waals surface area contributed by atoms with Crippen molar-refractivity contribution in [2.75, 3.05) is 0 Å². The molecular weight excluding hydrogens is 260 g/mol. The summed E-state index contributed by atoms with van der Waals surface area (Å²) in [6.07, 6.45) is 4.83. The van der Waals surface area contributed by atoms with Gasteiger partial charge in [0.05, 0.1) is 6.10 Å². The lowest BCUT2D eigenvalue weighted by Crippen LogP contribution is -2.35. The minimum atomic E-state index is -0.163. The van der Waals surface area contributed by atoms with Crippen LogP contribution in [-0.2, 0) is 6.42 Å². The Bertz CT molecular complexity index is 734. The number of aldehydes is 1. The fourth-order valence-electron chi connectivity index (χ4n) is 4.57. The lowest BCUT2D eigenvalue weighted by Gasteiger charge is -2.40. The predicted molar refractivity (Wildman–Crippen MR) is 83.7 cm³/mol. The van der Waals surface area contributed by atoms with Gasteiger partial charge in [-0.2, -0.15) is 0 Å². The summed E-state index contributed by atoms with van der Waals surface area (Å²) in [4.78, 5) is 10.9. The Morgan fingerprint density at radius 1 is 1.24 bits per heavy atom. The van der Waals surface area contributed by atoms with Gasteiger partial charge in [0.2, 0.25) is 0 Å². The molecule has 2 nitrogen and oxygen atoms in total. The summed E-state index contributed by atoms with van der Waals surface area (Å²) >= 11 is 0. The number of carbonyl (C=O) groups is 1. The van der Waals surface area contributed by atoms with Crippen LogP contribution in [0, 0.1) is 5.41 Å². The second kappa shape index (κ2) is 4.41. The molecule has 0 heterocycles. The van der Waals surface area contributed by atoms with E-state index >= 15 is 0 Å². The molecule has 21 heavy (non-hydrogen) atoms. The van der Waals surface area contributed by atoms with E-state index in [2.05, 4.69) is 25.1 Å². The van der Waals surface area contributed by atoms with Crippen LogP contribution >= 0.6 is 0 Å². The van der Waals surface area contributed by atoms with Gasteiger partial charge in [0.15, 0.2) is 0 Å². The molecule has 0 radical (unpaired) electrons. The Morgan fingerprint density at radius 2 is 2.10 bits per heavy atom. The maximum absolute atomic E-state index is 10.9. The largest absolute Gasteiger partial charge is 0.393 e. The Morgan fingerprint density at radius 3 is 2.90 bits per heavy atom. The first-order valence-electron chi connectivity index (χ1n) is 7.82. The summed E-state index contributed by atoms with van der Waals surface area (Å²) in [7, 11) is 0. The third kappa shape index (κ3) is 1.72. The van der Waals surface area contributed by atoms with E-state index in [4.69, 9.17) is 0 Å². The van der Waals surface area contributed by atoms with Gasteiger partial charge in [-0.1, -0.05) is 31.2 Å². The SMILES string of the molecule is CC12CCc3c(ccc4cc(C=O)ccc34)C1CCC2O. The quantitative estimate of drug-likeness (QED) is 0.806. The molecule has 2 aliphatic carbocycles. The molecule has 1 N–H and O–H groups in total. The lowest BCUT2D eigenvalue weighted by molar-refractivity contribution is 0.0459. The lowest BCUT2D eigenvalue weighted by atomic mass is 9.65. The average molecular weight is 280 g/mol. The Labute approximate surface area is 124 Å². The molecule has 0 saturated heterocycles. The smallest absolute Gasteiger partial charge is 0.150 e. The molecule has 2 aromatic carbocycles. The molecule has 0 bridgehead atoms. The first-order valence-corrected chi connectivity index (χ1v) is 7.82. The fraction of sp³-hybridized carbons (Fsp3) is 0.421. The van der Waals surface area contributed by atoms with E-state index in [1.165, 1.54) is 16.5 Å². The molecule has 0 aliphatic heterocycles. The van der Waals surface area contributed by atoms with Gasteiger partial charge in [0, 0.05) is 11.0 Å². The Hall–Kier alpha value is -1.67. The molecule has 3 atom stereocenters. The van der Waals surface area contributed by atoms with Crippen molar-refractivity contribution in [2.45, 2.75) is 44.6 Å². The summed E-state index contributed by atoms with van der Waals surface area (Å²) in [5.41, 5.74) is 3.64. The summed E-state index contributed by atoms with van der Waals surface area (Å²) < 4.78 is 0. The van der Waals surface area contributed by atoms with E-state index in [9.17, 15) is 9.90 Å². The van der Waals surface area contributed by atoms with Crippen LogP contribution in [0.1, 0.15) is 53.6 Å². The highest BCUT2D eigenvalue weighted by Gasteiger charge is 2.48. The Kier molecular flexibility index (Phi) is 2.74. The maximum atomic E-state index is 10.9. The van der Waals surface area contributed by atoms with Crippen LogP contribution in [-0.4, -0.2) is 17.5 Å². The zero-order valence-electron chi connectivity index (χ0n) is 12.3. The van der Waals surface area contributed by atoms with Crippen LogP contribution in [0.25, 0.3) is 10.8 Å². The number of rotatable bonds is 1. The van der Waals surface area contributed by atoms with Gasteiger partial charge in [0.25, 0.3) is 0 Å².